The van der Waals surface area contributed by atoms with Crippen molar-refractivity contribution in [2.24, 2.45) is 5.92 Å². The standard InChI is InChI=1S/C17H17N5O2S/c23-16(13-2-3-14-15(10-13)21-25-20-14)22-8-4-12(5-9-22)11-24-17-18-6-1-7-19-17/h1-3,6-7,10,12H,4-5,8-9,11H2. The van der Waals surface area contributed by atoms with Crippen LogP contribution in [0.4, 0.5) is 0 Å². The molecule has 8 heteroatoms. The number of carbonyl (C=O) groups excluding carboxylic acids is 1. The van der Waals surface area contributed by atoms with Crippen LogP contribution < -0.4 is 4.74 Å². The predicted molar refractivity (Wildman–Crippen MR) is 93.6 cm³/mol. The van der Waals surface area contributed by atoms with Gasteiger partial charge in [-0.2, -0.15) is 8.75 Å². The number of hydrogen-bond donors (Lipinski definition) is 0. The van der Waals surface area contributed by atoms with E-state index in [9.17, 15) is 4.79 Å². The van der Waals surface area contributed by atoms with Crippen molar-refractivity contribution < 1.29 is 9.53 Å². The lowest BCUT2D eigenvalue weighted by molar-refractivity contribution is 0.0657. The van der Waals surface area contributed by atoms with Gasteiger partial charge >= 0.3 is 6.01 Å². The monoisotopic (exact) mass is 355 g/mol. The van der Waals surface area contributed by atoms with Crippen LogP contribution in [0.1, 0.15) is 23.2 Å². The average Bonchev–Trinajstić information content (AvgIpc) is 3.15. The van der Waals surface area contributed by atoms with Crippen molar-refractivity contribution in [1.82, 2.24) is 23.6 Å². The molecule has 1 aliphatic heterocycles. The number of rotatable bonds is 4. The van der Waals surface area contributed by atoms with E-state index in [1.165, 1.54) is 0 Å². The molecule has 0 spiro atoms. The lowest BCUT2D eigenvalue weighted by Crippen LogP contribution is -2.39. The first-order chi connectivity index (χ1) is 12.3. The lowest BCUT2D eigenvalue weighted by Gasteiger charge is -2.31. The zero-order valence-electron chi connectivity index (χ0n) is 13.5. The van der Waals surface area contributed by atoms with Gasteiger partial charge in [0.1, 0.15) is 11.0 Å². The van der Waals surface area contributed by atoms with Crippen LogP contribution in [0.3, 0.4) is 0 Å². The Morgan fingerprint density at radius 2 is 1.92 bits per heavy atom. The van der Waals surface area contributed by atoms with Crippen LogP contribution in [0.2, 0.25) is 0 Å². The fraction of sp³-hybridized carbons (Fsp3) is 0.353. The van der Waals surface area contributed by atoms with Crippen LogP contribution in [0.15, 0.2) is 36.7 Å². The van der Waals surface area contributed by atoms with Crippen LogP contribution in [0.25, 0.3) is 11.0 Å². The number of ether oxygens (including phenoxy) is 1. The Hall–Kier alpha value is -2.61. The molecule has 1 aliphatic rings. The predicted octanol–water partition coefficient (Wildman–Crippen LogP) is 2.41. The Kier molecular flexibility index (Phi) is 4.51. The van der Waals surface area contributed by atoms with Crippen molar-refractivity contribution in [2.45, 2.75) is 12.8 Å². The maximum atomic E-state index is 12.7. The number of benzene rings is 1. The number of carbonyl (C=O) groups is 1. The Labute approximate surface area is 149 Å². The van der Waals surface area contributed by atoms with E-state index in [4.69, 9.17) is 4.74 Å². The number of aromatic nitrogens is 4. The van der Waals surface area contributed by atoms with E-state index in [-0.39, 0.29) is 5.91 Å². The summed E-state index contributed by atoms with van der Waals surface area (Å²) in [4.78, 5) is 22.7. The maximum Gasteiger partial charge on any atom is 0.316 e. The molecule has 7 nitrogen and oxygen atoms in total. The van der Waals surface area contributed by atoms with Crippen LogP contribution in [0.5, 0.6) is 6.01 Å². The topological polar surface area (TPSA) is 81.1 Å². The van der Waals surface area contributed by atoms with E-state index in [0.717, 1.165) is 48.7 Å². The Morgan fingerprint density at radius 1 is 1.16 bits per heavy atom. The van der Waals surface area contributed by atoms with Crippen LogP contribution >= 0.6 is 11.7 Å². The van der Waals surface area contributed by atoms with Gasteiger partial charge in [-0.05, 0) is 43.0 Å². The minimum atomic E-state index is 0.0562. The number of hydrogen-bond acceptors (Lipinski definition) is 7. The SMILES string of the molecule is O=C(c1ccc2nsnc2c1)N1CCC(COc2ncccn2)CC1. The Bertz CT molecular complexity index is 862. The molecule has 1 saturated heterocycles. The van der Waals surface area contributed by atoms with Crippen LogP contribution in [-0.2, 0) is 0 Å². The molecule has 1 aromatic carbocycles. The van der Waals surface area contributed by atoms with E-state index in [1.807, 2.05) is 23.1 Å². The van der Waals surface area contributed by atoms with Crippen molar-refractivity contribution in [3.63, 3.8) is 0 Å². The van der Waals surface area contributed by atoms with Gasteiger partial charge in [0.25, 0.3) is 5.91 Å². The molecule has 0 atom stereocenters. The molecule has 25 heavy (non-hydrogen) atoms. The Morgan fingerprint density at radius 3 is 2.72 bits per heavy atom. The van der Waals surface area contributed by atoms with Gasteiger partial charge < -0.3 is 9.64 Å². The average molecular weight is 355 g/mol. The maximum absolute atomic E-state index is 12.7. The van der Waals surface area contributed by atoms with Gasteiger partial charge in [-0.25, -0.2) is 9.97 Å². The molecule has 4 rings (SSSR count). The second-order valence-electron chi connectivity index (χ2n) is 6.05. The molecule has 2 aromatic heterocycles. The van der Waals surface area contributed by atoms with Crippen molar-refractivity contribution in [3.8, 4) is 6.01 Å². The number of likely N-dealkylation sites (tertiary alicyclic amines) is 1. The summed E-state index contributed by atoms with van der Waals surface area (Å²) in [5.74, 6) is 0.471. The highest BCUT2D eigenvalue weighted by Crippen LogP contribution is 2.21. The second-order valence-corrected chi connectivity index (χ2v) is 6.57. The normalized spacial score (nSPS) is 15.4. The highest BCUT2D eigenvalue weighted by atomic mass is 32.1. The largest absolute Gasteiger partial charge is 0.463 e. The van der Waals surface area contributed by atoms with E-state index < -0.39 is 0 Å². The molecular weight excluding hydrogens is 338 g/mol. The van der Waals surface area contributed by atoms with Crippen molar-refractivity contribution >= 4 is 28.7 Å². The first-order valence-electron chi connectivity index (χ1n) is 8.21. The van der Waals surface area contributed by atoms with Gasteiger partial charge in [0, 0.05) is 31.0 Å². The lowest BCUT2D eigenvalue weighted by atomic mass is 9.97. The summed E-state index contributed by atoms with van der Waals surface area (Å²) >= 11 is 1.16. The summed E-state index contributed by atoms with van der Waals surface area (Å²) in [6, 6.07) is 7.67. The van der Waals surface area contributed by atoms with Crippen LogP contribution in [-0.4, -0.2) is 49.2 Å². The molecule has 0 radical (unpaired) electrons. The third-order valence-electron chi connectivity index (χ3n) is 4.39. The zero-order chi connectivity index (χ0) is 17.1. The molecule has 0 aliphatic carbocycles. The highest BCUT2D eigenvalue weighted by molar-refractivity contribution is 7.00. The fourth-order valence-electron chi connectivity index (χ4n) is 2.95. The summed E-state index contributed by atoms with van der Waals surface area (Å²) in [5.41, 5.74) is 2.29. The molecule has 0 bridgehead atoms. The van der Waals surface area contributed by atoms with Gasteiger partial charge in [-0.3, -0.25) is 4.79 Å². The van der Waals surface area contributed by atoms with Gasteiger partial charge in [0.15, 0.2) is 0 Å². The first-order valence-corrected chi connectivity index (χ1v) is 8.94. The third-order valence-corrected chi connectivity index (χ3v) is 4.95. The Balaban J connectivity index is 1.32. The molecule has 0 saturated carbocycles. The molecular formula is C17H17N5O2S. The summed E-state index contributed by atoms with van der Waals surface area (Å²) in [5, 5.41) is 0. The van der Waals surface area contributed by atoms with E-state index >= 15 is 0 Å². The number of nitrogens with zero attached hydrogens (tertiary/aromatic N) is 5. The molecule has 128 valence electrons. The smallest absolute Gasteiger partial charge is 0.316 e. The summed E-state index contributed by atoms with van der Waals surface area (Å²) in [7, 11) is 0. The third kappa shape index (κ3) is 3.58. The summed E-state index contributed by atoms with van der Waals surface area (Å²) < 4.78 is 14.0. The van der Waals surface area contributed by atoms with E-state index in [0.29, 0.717) is 24.1 Å². The minimum absolute atomic E-state index is 0.0562. The minimum Gasteiger partial charge on any atom is -0.463 e. The molecule has 3 aromatic rings. The van der Waals surface area contributed by atoms with Gasteiger partial charge in [-0.15, -0.1) is 0 Å². The van der Waals surface area contributed by atoms with E-state index in [2.05, 4.69) is 18.7 Å². The van der Waals surface area contributed by atoms with Gasteiger partial charge in [0.05, 0.1) is 18.3 Å². The molecule has 0 unspecified atom stereocenters. The van der Waals surface area contributed by atoms with Crippen LogP contribution in [0, 0.1) is 5.92 Å². The van der Waals surface area contributed by atoms with Crippen molar-refractivity contribution in [2.75, 3.05) is 19.7 Å². The number of amides is 1. The van der Waals surface area contributed by atoms with Crippen molar-refractivity contribution in [1.29, 1.82) is 0 Å². The molecule has 1 amide bonds. The molecule has 0 N–H and O–H groups in total. The van der Waals surface area contributed by atoms with Gasteiger partial charge in [-0.1, -0.05) is 0 Å². The molecule has 3 heterocycles. The second kappa shape index (κ2) is 7.10. The quantitative estimate of drug-likeness (QED) is 0.715. The first kappa shape index (κ1) is 15.9. The highest BCUT2D eigenvalue weighted by Gasteiger charge is 2.24. The summed E-state index contributed by atoms with van der Waals surface area (Å²) in [6.07, 6.45) is 5.16. The fourth-order valence-corrected chi connectivity index (χ4v) is 3.47. The zero-order valence-corrected chi connectivity index (χ0v) is 14.4. The molecule has 1 fully saturated rings. The van der Waals surface area contributed by atoms with Crippen molar-refractivity contribution in [3.05, 3.63) is 42.2 Å². The number of fused-ring (bicyclic) bond motifs is 1. The number of piperidine rings is 1. The van der Waals surface area contributed by atoms with Gasteiger partial charge in [0.2, 0.25) is 0 Å². The van der Waals surface area contributed by atoms with E-state index in [1.54, 1.807) is 18.5 Å². The summed E-state index contributed by atoms with van der Waals surface area (Å²) in [6.45, 7) is 2.05.